The van der Waals surface area contributed by atoms with E-state index >= 15 is 0 Å². The van der Waals surface area contributed by atoms with E-state index in [4.69, 9.17) is 9.47 Å². The van der Waals surface area contributed by atoms with E-state index in [1.807, 2.05) is 23.9 Å². The lowest BCUT2D eigenvalue weighted by atomic mass is 10.0. The lowest BCUT2D eigenvalue weighted by molar-refractivity contribution is 0.0750. The predicted molar refractivity (Wildman–Crippen MR) is 120 cm³/mol. The maximum atomic E-state index is 12.6. The van der Waals surface area contributed by atoms with E-state index < -0.39 is 0 Å². The maximum absolute atomic E-state index is 12.6. The van der Waals surface area contributed by atoms with Crippen LogP contribution in [0.25, 0.3) is 0 Å². The first-order chi connectivity index (χ1) is 15.2. The highest BCUT2D eigenvalue weighted by Gasteiger charge is 2.28. The lowest BCUT2D eigenvalue weighted by Gasteiger charge is -2.36. The number of aryl methyl sites for hydroxylation is 1. The average Bonchev–Trinajstić information content (AvgIpc) is 3.50. The first-order valence-corrected chi connectivity index (χ1v) is 11.5. The SMILES string of the molecule is CCn1cc(CNC(=O)c2ccc(OC3CCN(C4CCCC4)CC3)c(OC)c2)cn1. The number of rotatable bonds is 8. The predicted octanol–water partition coefficient (Wildman–Crippen LogP) is 3.63. The third kappa shape index (κ3) is 5.39. The molecule has 0 spiro atoms. The molecular weight excluding hydrogens is 392 g/mol. The van der Waals surface area contributed by atoms with Crippen LogP contribution in [-0.4, -0.2) is 52.9 Å². The molecule has 7 heteroatoms. The monoisotopic (exact) mass is 426 g/mol. The van der Waals surface area contributed by atoms with E-state index in [1.165, 1.54) is 25.7 Å². The number of carbonyl (C=O) groups is 1. The van der Waals surface area contributed by atoms with Crippen LogP contribution < -0.4 is 14.8 Å². The van der Waals surface area contributed by atoms with Crippen LogP contribution in [0.5, 0.6) is 11.5 Å². The highest BCUT2D eigenvalue weighted by molar-refractivity contribution is 5.94. The molecule has 1 aliphatic heterocycles. The summed E-state index contributed by atoms with van der Waals surface area (Å²) in [5.41, 5.74) is 1.54. The van der Waals surface area contributed by atoms with Gasteiger partial charge in [0.15, 0.2) is 11.5 Å². The first-order valence-electron chi connectivity index (χ1n) is 11.5. The van der Waals surface area contributed by atoms with Crippen molar-refractivity contribution in [3.63, 3.8) is 0 Å². The van der Waals surface area contributed by atoms with E-state index in [1.54, 1.807) is 25.4 Å². The molecule has 0 atom stereocenters. The van der Waals surface area contributed by atoms with Gasteiger partial charge in [0.1, 0.15) is 6.10 Å². The zero-order chi connectivity index (χ0) is 21.6. The Bertz CT molecular complexity index is 867. The molecule has 2 aliphatic rings. The van der Waals surface area contributed by atoms with Crippen molar-refractivity contribution in [1.29, 1.82) is 0 Å². The van der Waals surface area contributed by atoms with Gasteiger partial charge >= 0.3 is 0 Å². The molecule has 2 heterocycles. The van der Waals surface area contributed by atoms with Crippen molar-refractivity contribution in [3.05, 3.63) is 41.7 Å². The molecule has 1 saturated heterocycles. The molecule has 168 valence electrons. The molecule has 2 fully saturated rings. The molecule has 0 radical (unpaired) electrons. The minimum atomic E-state index is -0.140. The molecule has 1 aromatic heterocycles. The Morgan fingerprint density at radius 2 is 1.94 bits per heavy atom. The van der Waals surface area contributed by atoms with Crippen LogP contribution in [-0.2, 0) is 13.1 Å². The van der Waals surface area contributed by atoms with Crippen LogP contribution >= 0.6 is 0 Å². The fourth-order valence-corrected chi connectivity index (χ4v) is 4.67. The van der Waals surface area contributed by atoms with Crippen molar-refractivity contribution in [2.45, 2.75) is 70.7 Å². The summed E-state index contributed by atoms with van der Waals surface area (Å²) in [4.78, 5) is 15.2. The lowest BCUT2D eigenvalue weighted by Crippen LogP contribution is -2.43. The van der Waals surface area contributed by atoms with Crippen LogP contribution in [0.15, 0.2) is 30.6 Å². The van der Waals surface area contributed by atoms with Crippen LogP contribution in [0.1, 0.15) is 61.4 Å². The van der Waals surface area contributed by atoms with Crippen molar-refractivity contribution in [2.24, 2.45) is 0 Å². The van der Waals surface area contributed by atoms with Gasteiger partial charge in [-0.05, 0) is 50.8 Å². The Morgan fingerprint density at radius 3 is 2.61 bits per heavy atom. The number of nitrogens with one attached hydrogen (secondary N) is 1. The van der Waals surface area contributed by atoms with Gasteiger partial charge in [0.2, 0.25) is 0 Å². The maximum Gasteiger partial charge on any atom is 0.251 e. The fourth-order valence-electron chi connectivity index (χ4n) is 4.67. The number of carbonyl (C=O) groups excluding carboxylic acids is 1. The standard InChI is InChI=1S/C24H34N4O3/c1-3-28-17-18(16-26-28)15-25-24(29)19-8-9-22(23(14-19)30-2)31-21-10-12-27(13-11-21)20-6-4-5-7-20/h8-9,14,16-17,20-21H,3-7,10-13,15H2,1-2H3,(H,25,29). The molecule has 1 N–H and O–H groups in total. The van der Waals surface area contributed by atoms with Gasteiger partial charge in [-0.1, -0.05) is 12.8 Å². The number of hydrogen-bond acceptors (Lipinski definition) is 5. The number of hydrogen-bond donors (Lipinski definition) is 1. The number of ether oxygens (including phenoxy) is 2. The number of benzene rings is 1. The zero-order valence-corrected chi connectivity index (χ0v) is 18.7. The minimum Gasteiger partial charge on any atom is -0.493 e. The number of aromatic nitrogens is 2. The summed E-state index contributed by atoms with van der Waals surface area (Å²) < 4.78 is 13.6. The molecule has 1 saturated carbocycles. The van der Waals surface area contributed by atoms with Crippen molar-refractivity contribution in [1.82, 2.24) is 20.0 Å². The third-order valence-corrected chi connectivity index (χ3v) is 6.50. The Morgan fingerprint density at radius 1 is 1.16 bits per heavy atom. The van der Waals surface area contributed by atoms with Crippen LogP contribution in [0, 0.1) is 0 Å². The Kier molecular flexibility index (Phi) is 7.12. The second kappa shape index (κ2) is 10.2. The smallest absolute Gasteiger partial charge is 0.251 e. The molecular formula is C24H34N4O3. The van der Waals surface area contributed by atoms with Crippen molar-refractivity contribution in [3.8, 4) is 11.5 Å². The first kappa shape index (κ1) is 21.7. The minimum absolute atomic E-state index is 0.140. The molecule has 2 aromatic rings. The van der Waals surface area contributed by atoms with Gasteiger partial charge in [-0.25, -0.2) is 0 Å². The molecule has 1 aromatic carbocycles. The largest absolute Gasteiger partial charge is 0.493 e. The van der Waals surface area contributed by atoms with Crippen molar-refractivity contribution in [2.75, 3.05) is 20.2 Å². The zero-order valence-electron chi connectivity index (χ0n) is 18.7. The molecule has 4 rings (SSSR count). The van der Waals surface area contributed by atoms with E-state index in [9.17, 15) is 4.79 Å². The highest BCUT2D eigenvalue weighted by Crippen LogP contribution is 2.32. The van der Waals surface area contributed by atoms with Gasteiger partial charge in [-0.2, -0.15) is 5.10 Å². The number of methoxy groups -OCH3 is 1. The van der Waals surface area contributed by atoms with Crippen molar-refractivity contribution >= 4 is 5.91 Å². The van der Waals surface area contributed by atoms with Gasteiger partial charge < -0.3 is 19.7 Å². The van der Waals surface area contributed by atoms with Crippen LogP contribution in [0.3, 0.4) is 0 Å². The summed E-state index contributed by atoms with van der Waals surface area (Å²) >= 11 is 0. The molecule has 0 unspecified atom stereocenters. The summed E-state index contributed by atoms with van der Waals surface area (Å²) in [6.07, 6.45) is 11.4. The molecule has 0 bridgehead atoms. The number of nitrogens with zero attached hydrogens (tertiary/aromatic N) is 3. The summed E-state index contributed by atoms with van der Waals surface area (Å²) in [5, 5.41) is 7.17. The Balaban J connectivity index is 1.31. The molecule has 31 heavy (non-hydrogen) atoms. The molecule has 1 amide bonds. The number of likely N-dealkylation sites (tertiary alicyclic amines) is 1. The topological polar surface area (TPSA) is 68.6 Å². The normalized spacial score (nSPS) is 18.3. The second-order valence-corrected chi connectivity index (χ2v) is 8.54. The van der Waals surface area contributed by atoms with Crippen LogP contribution in [0.2, 0.25) is 0 Å². The van der Waals surface area contributed by atoms with Gasteiger partial charge in [-0.15, -0.1) is 0 Å². The summed E-state index contributed by atoms with van der Waals surface area (Å²) in [6, 6.07) is 6.20. The van der Waals surface area contributed by atoms with E-state index in [2.05, 4.69) is 15.3 Å². The quantitative estimate of drug-likeness (QED) is 0.698. The Hall–Kier alpha value is -2.54. The summed E-state index contributed by atoms with van der Waals surface area (Å²) in [6.45, 7) is 5.49. The van der Waals surface area contributed by atoms with Crippen LogP contribution in [0.4, 0.5) is 0 Å². The van der Waals surface area contributed by atoms with E-state index in [-0.39, 0.29) is 12.0 Å². The summed E-state index contributed by atoms with van der Waals surface area (Å²) in [7, 11) is 1.62. The van der Waals surface area contributed by atoms with Gasteiger partial charge in [-0.3, -0.25) is 9.48 Å². The van der Waals surface area contributed by atoms with E-state index in [0.29, 0.717) is 23.6 Å². The van der Waals surface area contributed by atoms with E-state index in [0.717, 1.165) is 44.1 Å². The summed E-state index contributed by atoms with van der Waals surface area (Å²) in [5.74, 6) is 1.17. The highest BCUT2D eigenvalue weighted by atomic mass is 16.5. The average molecular weight is 427 g/mol. The van der Waals surface area contributed by atoms with Gasteiger partial charge in [0.25, 0.3) is 5.91 Å². The van der Waals surface area contributed by atoms with Crippen molar-refractivity contribution < 1.29 is 14.3 Å². The molecule has 7 nitrogen and oxygen atoms in total. The van der Waals surface area contributed by atoms with Gasteiger partial charge in [0.05, 0.1) is 13.3 Å². The Labute approximate surface area is 184 Å². The van der Waals surface area contributed by atoms with Gasteiger partial charge in [0, 0.05) is 49.5 Å². The second-order valence-electron chi connectivity index (χ2n) is 8.54. The number of amides is 1. The fraction of sp³-hybridized carbons (Fsp3) is 0.583. The molecule has 1 aliphatic carbocycles. The third-order valence-electron chi connectivity index (χ3n) is 6.50. The number of piperidine rings is 1.